The molecule has 0 N–H and O–H groups in total. The summed E-state index contributed by atoms with van der Waals surface area (Å²) >= 11 is 0. The van der Waals surface area contributed by atoms with E-state index in [2.05, 4.69) is 16.4 Å². The van der Waals surface area contributed by atoms with Crippen LogP contribution in [-0.4, -0.2) is 44.5 Å². The maximum atomic E-state index is 13.7. The Kier molecular flexibility index (Phi) is 9.11. The SMILES string of the molecule is C.Fc1cc(F)cc(-c2cc(N(CCCN3CCCCCC3)Cc3ccc4c(c3)OCO4)on2)c1.[3H]F. The summed E-state index contributed by atoms with van der Waals surface area (Å²) in [6.07, 6.45) is 6.12. The van der Waals surface area contributed by atoms with Crippen molar-refractivity contribution in [3.05, 3.63) is 59.7 Å². The van der Waals surface area contributed by atoms with Crippen molar-refractivity contribution in [3.8, 4) is 22.8 Å². The van der Waals surface area contributed by atoms with E-state index in [4.69, 9.17) is 18.7 Å². The third-order valence-electron chi connectivity index (χ3n) is 6.38. The molecule has 0 amide bonds. The Morgan fingerprint density at radius 3 is 2.42 bits per heavy atom. The fraction of sp³-hybridized carbons (Fsp3) is 0.444. The molecule has 0 saturated carbocycles. The number of hydrogen-bond donors (Lipinski definition) is 0. The van der Waals surface area contributed by atoms with Gasteiger partial charge in [-0.25, -0.2) is 8.78 Å². The molecule has 3 heterocycles. The van der Waals surface area contributed by atoms with Crippen LogP contribution in [0.4, 0.5) is 19.4 Å². The van der Waals surface area contributed by atoms with Gasteiger partial charge in [0.1, 0.15) is 17.3 Å². The molecule has 9 heteroatoms. The highest BCUT2D eigenvalue weighted by Crippen LogP contribution is 2.34. The van der Waals surface area contributed by atoms with Crippen molar-refractivity contribution in [2.45, 2.75) is 46.1 Å². The Balaban J connectivity index is 0.00000124. The number of benzene rings is 2. The Bertz CT molecular complexity index is 1100. The summed E-state index contributed by atoms with van der Waals surface area (Å²) in [7, 11) is 0. The van der Waals surface area contributed by atoms with Crippen LogP contribution in [0.2, 0.25) is 0 Å². The molecule has 0 radical (unpaired) electrons. The normalized spacial score (nSPS) is 15.2. The monoisotopic (exact) mass is 507 g/mol. The molecule has 3 aromatic rings. The van der Waals surface area contributed by atoms with Crippen LogP contribution in [0.25, 0.3) is 11.3 Å². The van der Waals surface area contributed by atoms with Crippen LogP contribution in [0, 0.1) is 11.6 Å². The number of rotatable bonds is 8. The van der Waals surface area contributed by atoms with Gasteiger partial charge in [0, 0.05) is 30.8 Å². The lowest BCUT2D eigenvalue weighted by atomic mass is 10.1. The second kappa shape index (κ2) is 12.7. The maximum absolute atomic E-state index is 13.7. The molecule has 0 unspecified atom stereocenters. The molecule has 36 heavy (non-hydrogen) atoms. The van der Waals surface area contributed by atoms with E-state index in [0.29, 0.717) is 23.7 Å². The number of likely N-dealkylation sites (tertiary alicyclic amines) is 1. The summed E-state index contributed by atoms with van der Waals surface area (Å²) in [5, 5.41) is 4.09. The number of nitrogens with zero attached hydrogens (tertiary/aromatic N) is 3. The first-order valence-corrected chi connectivity index (χ1v) is 11.9. The van der Waals surface area contributed by atoms with Crippen molar-refractivity contribution in [2.75, 3.05) is 37.9 Å². The van der Waals surface area contributed by atoms with E-state index in [1.54, 1.807) is 6.07 Å². The quantitative estimate of drug-likeness (QED) is 0.351. The lowest BCUT2D eigenvalue weighted by Crippen LogP contribution is -2.30. The summed E-state index contributed by atoms with van der Waals surface area (Å²) in [6, 6.07) is 11.0. The molecule has 0 spiro atoms. The molecular formula is C27H34F3N3O3. The molecule has 1 aromatic heterocycles. The van der Waals surface area contributed by atoms with Crippen LogP contribution in [0.15, 0.2) is 47.0 Å². The number of aromatic nitrogens is 1. The van der Waals surface area contributed by atoms with Crippen molar-refractivity contribution in [1.82, 2.24) is 10.1 Å². The van der Waals surface area contributed by atoms with E-state index in [0.717, 1.165) is 55.7 Å². The summed E-state index contributed by atoms with van der Waals surface area (Å²) in [4.78, 5) is 4.65. The van der Waals surface area contributed by atoms with E-state index in [-0.39, 0.29) is 14.2 Å². The molecule has 0 bridgehead atoms. The lowest BCUT2D eigenvalue weighted by molar-refractivity contribution is 0.174. The number of fused-ring (bicyclic) bond motifs is 1. The fourth-order valence-corrected chi connectivity index (χ4v) is 4.62. The summed E-state index contributed by atoms with van der Waals surface area (Å²) in [5.41, 5.74) is 1.80. The highest BCUT2D eigenvalue weighted by molar-refractivity contribution is 5.62. The predicted molar refractivity (Wildman–Crippen MR) is 134 cm³/mol. The Hall–Kier alpha value is -3.20. The average Bonchev–Trinajstić information content (AvgIpc) is 3.48. The standard InChI is InChI=1S/C26H29F2N3O3.CH4.FH/c27-21-13-20(14-22(28)15-21)23-16-26(34-29-23)31(11-5-10-30-8-3-1-2-4-9-30)17-19-6-7-24-25(12-19)33-18-32-24;;/h6-7,12-16H,1-5,8-11,17-18H2;1H4;1H/i/hT. The zero-order chi connectivity index (χ0) is 25.3. The van der Waals surface area contributed by atoms with Crippen LogP contribution in [0.3, 0.4) is 0 Å². The Morgan fingerprint density at radius 1 is 0.944 bits per heavy atom. The van der Waals surface area contributed by atoms with Gasteiger partial charge in [-0.3, -0.25) is 4.72 Å². The average molecular weight is 508 g/mol. The molecule has 1 fully saturated rings. The molecule has 1 saturated heterocycles. The van der Waals surface area contributed by atoms with Crippen molar-refractivity contribution in [2.24, 2.45) is 0 Å². The third kappa shape index (κ3) is 6.72. The van der Waals surface area contributed by atoms with Gasteiger partial charge in [0.25, 0.3) is 1.45 Å². The van der Waals surface area contributed by atoms with E-state index in [1.165, 1.54) is 37.8 Å². The third-order valence-corrected chi connectivity index (χ3v) is 6.38. The predicted octanol–water partition coefficient (Wildman–Crippen LogP) is 6.41. The van der Waals surface area contributed by atoms with Crippen LogP contribution < -0.4 is 14.4 Å². The summed E-state index contributed by atoms with van der Waals surface area (Å²) in [5.74, 6) is 0.749. The molecule has 2 aliphatic rings. The minimum atomic E-state index is -0.644. The first-order valence-electron chi connectivity index (χ1n) is 12.3. The second-order valence-corrected chi connectivity index (χ2v) is 8.93. The fourth-order valence-electron chi connectivity index (χ4n) is 4.62. The molecule has 0 aliphatic carbocycles. The van der Waals surface area contributed by atoms with Crippen molar-refractivity contribution in [3.63, 3.8) is 0 Å². The van der Waals surface area contributed by atoms with Crippen LogP contribution in [-0.2, 0) is 6.54 Å². The highest BCUT2D eigenvalue weighted by Gasteiger charge is 2.19. The van der Waals surface area contributed by atoms with Gasteiger partial charge in [0.15, 0.2) is 11.5 Å². The molecular weight excluding hydrogens is 471 g/mol. The smallest absolute Gasteiger partial charge is 0.269 e. The lowest BCUT2D eigenvalue weighted by Gasteiger charge is -2.24. The molecule has 0 atom stereocenters. The van der Waals surface area contributed by atoms with Crippen LogP contribution in [0.5, 0.6) is 11.5 Å². The van der Waals surface area contributed by atoms with Gasteiger partial charge in [-0.2, -0.15) is 0 Å². The molecule has 5 rings (SSSR count). The zero-order valence-corrected chi connectivity index (χ0v) is 19.5. The van der Waals surface area contributed by atoms with Gasteiger partial charge >= 0.3 is 0 Å². The van der Waals surface area contributed by atoms with E-state index in [1.807, 2.05) is 18.2 Å². The van der Waals surface area contributed by atoms with Gasteiger partial charge in [-0.1, -0.05) is 31.5 Å². The first-order chi connectivity index (χ1) is 17.6. The zero-order valence-electron chi connectivity index (χ0n) is 20.5. The van der Waals surface area contributed by atoms with Crippen molar-refractivity contribution >= 4 is 5.88 Å². The topological polar surface area (TPSA) is 51.0 Å². The van der Waals surface area contributed by atoms with Gasteiger partial charge in [-0.15, -0.1) is 0 Å². The Morgan fingerprint density at radius 2 is 1.67 bits per heavy atom. The number of hydrogen-bond acceptors (Lipinski definition) is 6. The summed E-state index contributed by atoms with van der Waals surface area (Å²) < 4.78 is 57.0. The van der Waals surface area contributed by atoms with Crippen LogP contribution >= 0.6 is 0 Å². The number of ether oxygens (including phenoxy) is 2. The molecule has 2 aromatic carbocycles. The Labute approximate surface area is 211 Å². The minimum absolute atomic E-state index is 0. The second-order valence-electron chi connectivity index (χ2n) is 8.93. The van der Waals surface area contributed by atoms with Crippen LogP contribution in [0.1, 0.15) is 45.1 Å². The largest absolute Gasteiger partial charge is 0.454 e. The van der Waals surface area contributed by atoms with Crippen molar-refractivity contribution in [1.29, 1.82) is 1.45 Å². The van der Waals surface area contributed by atoms with Gasteiger partial charge < -0.3 is 23.8 Å². The van der Waals surface area contributed by atoms with Gasteiger partial charge in [-0.05, 0) is 68.7 Å². The molecule has 2 aliphatic heterocycles. The van der Waals surface area contributed by atoms with Crippen molar-refractivity contribution < 1.29 is 27.5 Å². The maximum Gasteiger partial charge on any atom is 0.269 e. The minimum Gasteiger partial charge on any atom is -0.454 e. The van der Waals surface area contributed by atoms with Gasteiger partial charge in [0.2, 0.25) is 12.7 Å². The van der Waals surface area contributed by atoms with E-state index in [9.17, 15) is 8.78 Å². The molecule has 196 valence electrons. The summed E-state index contributed by atoms with van der Waals surface area (Å²) in [6.45, 7) is 4.90. The first kappa shape index (κ1) is 25.9. The van der Waals surface area contributed by atoms with E-state index >= 15 is 0 Å². The van der Waals surface area contributed by atoms with Gasteiger partial charge in [0.05, 0.1) is 0 Å². The molecule has 6 nitrogen and oxygen atoms in total. The number of halogens is 3. The van der Waals surface area contributed by atoms with E-state index < -0.39 is 11.6 Å². The number of anilines is 1. The highest BCUT2D eigenvalue weighted by atomic mass is 19.1.